The predicted molar refractivity (Wildman–Crippen MR) is 80.2 cm³/mol. The number of carbonyl (C=O) groups excluding carboxylic acids is 1. The van der Waals surface area contributed by atoms with Gasteiger partial charge in [0.25, 0.3) is 0 Å². The Hall–Kier alpha value is -0.610. The number of nitrogens with one attached hydrogen (secondary N) is 1. The molecule has 112 valence electrons. The third-order valence-electron chi connectivity index (χ3n) is 3.59. The lowest BCUT2D eigenvalue weighted by Gasteiger charge is -2.34. The lowest BCUT2D eigenvalue weighted by atomic mass is 10.1. The van der Waals surface area contributed by atoms with Crippen molar-refractivity contribution in [2.45, 2.75) is 46.6 Å². The Morgan fingerprint density at radius 3 is 2.00 bits per heavy atom. The molecule has 1 saturated heterocycles. The maximum atomic E-state index is 11.6. The molecule has 0 unspecified atom stereocenters. The van der Waals surface area contributed by atoms with E-state index in [-0.39, 0.29) is 11.9 Å². The molecule has 0 aromatic rings. The van der Waals surface area contributed by atoms with Crippen LogP contribution in [0, 0.1) is 5.92 Å². The fraction of sp³-hybridized carbons (Fsp3) is 0.933. The van der Waals surface area contributed by atoms with Gasteiger partial charge in [-0.25, -0.2) is 0 Å². The summed E-state index contributed by atoms with van der Waals surface area (Å²) in [4.78, 5) is 16.5. The second-order valence-corrected chi connectivity index (χ2v) is 6.34. The monoisotopic (exact) mass is 269 g/mol. The summed E-state index contributed by atoms with van der Waals surface area (Å²) in [5.41, 5.74) is 0. The number of rotatable bonds is 7. The largest absolute Gasteiger partial charge is 0.354 e. The zero-order chi connectivity index (χ0) is 14.3. The Labute approximate surface area is 118 Å². The highest BCUT2D eigenvalue weighted by Gasteiger charge is 2.17. The molecular weight excluding hydrogens is 238 g/mol. The van der Waals surface area contributed by atoms with Crippen LogP contribution in [-0.2, 0) is 4.79 Å². The van der Waals surface area contributed by atoms with Crippen LogP contribution in [-0.4, -0.2) is 61.0 Å². The van der Waals surface area contributed by atoms with Gasteiger partial charge in [-0.05, 0) is 32.7 Å². The van der Waals surface area contributed by atoms with E-state index in [2.05, 4.69) is 29.0 Å². The van der Waals surface area contributed by atoms with Crippen LogP contribution < -0.4 is 5.32 Å². The normalized spacial score (nSPS) is 18.2. The van der Waals surface area contributed by atoms with Crippen LogP contribution in [0.15, 0.2) is 0 Å². The van der Waals surface area contributed by atoms with Crippen molar-refractivity contribution in [1.82, 2.24) is 15.1 Å². The topological polar surface area (TPSA) is 35.6 Å². The number of nitrogens with zero attached hydrogens (tertiary/aromatic N) is 2. The van der Waals surface area contributed by atoms with Gasteiger partial charge in [0.05, 0.1) is 0 Å². The van der Waals surface area contributed by atoms with Crippen LogP contribution in [0.4, 0.5) is 0 Å². The molecule has 1 rings (SSSR count). The minimum absolute atomic E-state index is 0.178. The van der Waals surface area contributed by atoms with E-state index in [0.29, 0.717) is 6.42 Å². The smallest absolute Gasteiger partial charge is 0.221 e. The summed E-state index contributed by atoms with van der Waals surface area (Å²) in [6.45, 7) is 15.2. The van der Waals surface area contributed by atoms with Gasteiger partial charge in [-0.15, -0.1) is 0 Å². The van der Waals surface area contributed by atoms with Gasteiger partial charge in [0, 0.05) is 45.2 Å². The second kappa shape index (κ2) is 8.54. The van der Waals surface area contributed by atoms with Crippen molar-refractivity contribution in [3.63, 3.8) is 0 Å². The Morgan fingerprint density at radius 2 is 1.53 bits per heavy atom. The van der Waals surface area contributed by atoms with Crippen LogP contribution in [0.2, 0.25) is 0 Å². The second-order valence-electron chi connectivity index (χ2n) is 6.34. The van der Waals surface area contributed by atoms with Crippen molar-refractivity contribution in [3.05, 3.63) is 0 Å². The van der Waals surface area contributed by atoms with Crippen molar-refractivity contribution >= 4 is 5.91 Å². The summed E-state index contributed by atoms with van der Waals surface area (Å²) in [6, 6.07) is 0.250. The third kappa shape index (κ3) is 7.53. The SMILES string of the molecule is CC(C)CCN1CCN(CCC(=O)NC(C)C)CC1. The van der Waals surface area contributed by atoms with Crippen molar-refractivity contribution in [2.75, 3.05) is 39.3 Å². The molecule has 1 N–H and O–H groups in total. The van der Waals surface area contributed by atoms with E-state index >= 15 is 0 Å². The molecule has 1 fully saturated rings. The van der Waals surface area contributed by atoms with E-state index in [0.717, 1.165) is 38.6 Å². The average Bonchev–Trinajstić information content (AvgIpc) is 2.34. The molecule has 1 aliphatic heterocycles. The highest BCUT2D eigenvalue weighted by atomic mass is 16.1. The highest BCUT2D eigenvalue weighted by Crippen LogP contribution is 2.06. The minimum Gasteiger partial charge on any atom is -0.354 e. The Morgan fingerprint density at radius 1 is 1.00 bits per heavy atom. The van der Waals surface area contributed by atoms with Crippen molar-refractivity contribution in [2.24, 2.45) is 5.92 Å². The van der Waals surface area contributed by atoms with Crippen LogP contribution in [0.1, 0.15) is 40.5 Å². The summed E-state index contributed by atoms with van der Waals surface area (Å²) in [5.74, 6) is 0.968. The first-order valence-corrected chi connectivity index (χ1v) is 7.71. The van der Waals surface area contributed by atoms with Crippen LogP contribution in [0.25, 0.3) is 0 Å². The molecule has 0 spiro atoms. The summed E-state index contributed by atoms with van der Waals surface area (Å²) in [6.07, 6.45) is 1.92. The van der Waals surface area contributed by atoms with Gasteiger partial charge in [-0.2, -0.15) is 0 Å². The molecule has 4 nitrogen and oxygen atoms in total. The van der Waals surface area contributed by atoms with Crippen molar-refractivity contribution in [1.29, 1.82) is 0 Å². The molecule has 0 aliphatic carbocycles. The quantitative estimate of drug-likeness (QED) is 0.762. The number of hydrogen-bond acceptors (Lipinski definition) is 3. The zero-order valence-electron chi connectivity index (χ0n) is 13.1. The van der Waals surface area contributed by atoms with Gasteiger partial charge in [0.1, 0.15) is 0 Å². The molecule has 0 aromatic carbocycles. The summed E-state index contributed by atoms with van der Waals surface area (Å²) >= 11 is 0. The molecular formula is C15H31N3O. The average molecular weight is 269 g/mol. The van der Waals surface area contributed by atoms with E-state index in [1.165, 1.54) is 13.0 Å². The number of carbonyl (C=O) groups is 1. The number of hydrogen-bond donors (Lipinski definition) is 1. The van der Waals surface area contributed by atoms with Gasteiger partial charge < -0.3 is 15.1 Å². The van der Waals surface area contributed by atoms with E-state index in [9.17, 15) is 4.79 Å². The fourth-order valence-electron chi connectivity index (χ4n) is 2.33. The predicted octanol–water partition coefficient (Wildman–Crippen LogP) is 1.56. The molecule has 4 heteroatoms. The first-order chi connectivity index (χ1) is 8.97. The first-order valence-electron chi connectivity index (χ1n) is 7.71. The molecule has 1 amide bonds. The van der Waals surface area contributed by atoms with Crippen molar-refractivity contribution < 1.29 is 4.79 Å². The molecule has 1 heterocycles. The van der Waals surface area contributed by atoms with E-state index in [4.69, 9.17) is 0 Å². The van der Waals surface area contributed by atoms with Crippen LogP contribution in [0.5, 0.6) is 0 Å². The van der Waals surface area contributed by atoms with Gasteiger partial charge in [-0.1, -0.05) is 13.8 Å². The van der Waals surface area contributed by atoms with Gasteiger partial charge >= 0.3 is 0 Å². The highest BCUT2D eigenvalue weighted by molar-refractivity contribution is 5.76. The first kappa shape index (κ1) is 16.4. The molecule has 0 saturated carbocycles. The van der Waals surface area contributed by atoms with Crippen LogP contribution in [0.3, 0.4) is 0 Å². The van der Waals surface area contributed by atoms with E-state index in [1.807, 2.05) is 13.8 Å². The maximum Gasteiger partial charge on any atom is 0.221 e. The lowest BCUT2D eigenvalue weighted by molar-refractivity contribution is -0.122. The minimum atomic E-state index is 0.178. The summed E-state index contributed by atoms with van der Waals surface area (Å²) in [7, 11) is 0. The molecule has 1 aliphatic rings. The standard InChI is InChI=1S/C15H31N3O/c1-13(2)5-7-17-9-11-18(12-10-17)8-6-15(19)16-14(3)4/h13-14H,5-12H2,1-4H3,(H,16,19). The van der Waals surface area contributed by atoms with Crippen LogP contribution >= 0.6 is 0 Å². The Balaban J connectivity index is 2.11. The molecule has 0 aromatic heterocycles. The number of amides is 1. The fourth-order valence-corrected chi connectivity index (χ4v) is 2.33. The third-order valence-corrected chi connectivity index (χ3v) is 3.59. The van der Waals surface area contributed by atoms with Gasteiger partial charge in [0.2, 0.25) is 5.91 Å². The van der Waals surface area contributed by atoms with E-state index < -0.39 is 0 Å². The van der Waals surface area contributed by atoms with E-state index in [1.54, 1.807) is 0 Å². The molecule has 19 heavy (non-hydrogen) atoms. The lowest BCUT2D eigenvalue weighted by Crippen LogP contribution is -2.47. The van der Waals surface area contributed by atoms with Gasteiger partial charge in [0.15, 0.2) is 0 Å². The Bertz CT molecular complexity index is 258. The summed E-state index contributed by atoms with van der Waals surface area (Å²) in [5, 5.41) is 2.95. The van der Waals surface area contributed by atoms with Gasteiger partial charge in [-0.3, -0.25) is 4.79 Å². The summed E-state index contributed by atoms with van der Waals surface area (Å²) < 4.78 is 0. The molecule has 0 radical (unpaired) electrons. The molecule has 0 bridgehead atoms. The van der Waals surface area contributed by atoms with Crippen molar-refractivity contribution in [3.8, 4) is 0 Å². The zero-order valence-corrected chi connectivity index (χ0v) is 13.1. The molecule has 0 atom stereocenters. The maximum absolute atomic E-state index is 11.6. The Kier molecular flexibility index (Phi) is 7.39. The number of piperazine rings is 1.